The van der Waals surface area contributed by atoms with Crippen molar-refractivity contribution in [1.82, 2.24) is 10.2 Å². The van der Waals surface area contributed by atoms with Crippen LogP contribution in [0.3, 0.4) is 0 Å². The fourth-order valence-electron chi connectivity index (χ4n) is 3.41. The van der Waals surface area contributed by atoms with E-state index in [1.807, 2.05) is 0 Å². The molecule has 3 atom stereocenters. The SMILES string of the molecule is CCC1CCCC(N2C(=O)CNC2C(C)C)C1. The van der Waals surface area contributed by atoms with Crippen LogP contribution in [-0.2, 0) is 4.79 Å². The normalized spacial score (nSPS) is 34.7. The van der Waals surface area contributed by atoms with Crippen LogP contribution in [0.25, 0.3) is 0 Å². The summed E-state index contributed by atoms with van der Waals surface area (Å²) in [5.41, 5.74) is 0. The Balaban J connectivity index is 2.05. The number of nitrogens with one attached hydrogen (secondary N) is 1. The molecule has 1 aliphatic carbocycles. The van der Waals surface area contributed by atoms with Crippen molar-refractivity contribution in [2.24, 2.45) is 11.8 Å². The van der Waals surface area contributed by atoms with Gasteiger partial charge in [0.05, 0.1) is 12.7 Å². The number of hydrogen-bond donors (Lipinski definition) is 1. The van der Waals surface area contributed by atoms with Crippen molar-refractivity contribution in [3.63, 3.8) is 0 Å². The first kappa shape index (κ1) is 12.9. The third kappa shape index (κ3) is 2.65. The number of amides is 1. The Hall–Kier alpha value is -0.570. The Kier molecular flexibility index (Phi) is 4.08. The van der Waals surface area contributed by atoms with E-state index in [-0.39, 0.29) is 6.17 Å². The second-order valence-corrected chi connectivity index (χ2v) is 5.97. The minimum absolute atomic E-state index is 0.267. The highest BCUT2D eigenvalue weighted by Crippen LogP contribution is 2.32. The Labute approximate surface area is 105 Å². The molecule has 2 rings (SSSR count). The number of hydrogen-bond acceptors (Lipinski definition) is 2. The zero-order valence-electron chi connectivity index (χ0n) is 11.4. The molecule has 0 aromatic heterocycles. The lowest BCUT2D eigenvalue weighted by Gasteiger charge is -2.39. The second-order valence-electron chi connectivity index (χ2n) is 5.97. The van der Waals surface area contributed by atoms with Crippen LogP contribution in [0, 0.1) is 11.8 Å². The molecule has 0 aromatic carbocycles. The van der Waals surface area contributed by atoms with Gasteiger partial charge in [-0.15, -0.1) is 0 Å². The molecule has 0 radical (unpaired) electrons. The summed E-state index contributed by atoms with van der Waals surface area (Å²) >= 11 is 0. The lowest BCUT2D eigenvalue weighted by Crippen LogP contribution is -2.48. The topological polar surface area (TPSA) is 32.3 Å². The zero-order valence-corrected chi connectivity index (χ0v) is 11.4. The average molecular weight is 238 g/mol. The summed E-state index contributed by atoms with van der Waals surface area (Å²) in [6.07, 6.45) is 6.59. The summed E-state index contributed by atoms with van der Waals surface area (Å²) in [5, 5.41) is 3.36. The number of nitrogens with zero attached hydrogens (tertiary/aromatic N) is 1. The van der Waals surface area contributed by atoms with Crippen molar-refractivity contribution >= 4 is 5.91 Å². The molecule has 1 saturated carbocycles. The van der Waals surface area contributed by atoms with E-state index in [4.69, 9.17) is 0 Å². The molecule has 0 spiro atoms. The maximum atomic E-state index is 12.0. The van der Waals surface area contributed by atoms with Gasteiger partial charge in [-0.25, -0.2) is 0 Å². The van der Waals surface area contributed by atoms with Crippen molar-refractivity contribution in [3.05, 3.63) is 0 Å². The molecular weight excluding hydrogens is 212 g/mol. The molecule has 2 fully saturated rings. The first-order valence-electron chi connectivity index (χ1n) is 7.18. The molecular formula is C14H26N2O. The number of rotatable bonds is 3. The van der Waals surface area contributed by atoms with Gasteiger partial charge in [0.2, 0.25) is 5.91 Å². The van der Waals surface area contributed by atoms with Crippen LogP contribution in [0.4, 0.5) is 0 Å². The molecule has 1 aliphatic heterocycles. The van der Waals surface area contributed by atoms with Crippen LogP contribution >= 0.6 is 0 Å². The van der Waals surface area contributed by atoms with E-state index in [1.165, 1.54) is 32.1 Å². The summed E-state index contributed by atoms with van der Waals surface area (Å²) in [7, 11) is 0. The van der Waals surface area contributed by atoms with Crippen LogP contribution in [-0.4, -0.2) is 29.6 Å². The van der Waals surface area contributed by atoms with Gasteiger partial charge in [0.15, 0.2) is 0 Å². The van der Waals surface area contributed by atoms with Gasteiger partial charge in [-0.05, 0) is 24.7 Å². The predicted molar refractivity (Wildman–Crippen MR) is 69.5 cm³/mol. The van der Waals surface area contributed by atoms with Crippen LogP contribution in [0.5, 0.6) is 0 Å². The van der Waals surface area contributed by atoms with Gasteiger partial charge < -0.3 is 4.90 Å². The van der Waals surface area contributed by atoms with Crippen LogP contribution < -0.4 is 5.32 Å². The van der Waals surface area contributed by atoms with E-state index in [0.717, 1.165) is 5.92 Å². The van der Waals surface area contributed by atoms with Gasteiger partial charge >= 0.3 is 0 Å². The van der Waals surface area contributed by atoms with Crippen molar-refractivity contribution in [2.45, 2.75) is 65.1 Å². The molecule has 17 heavy (non-hydrogen) atoms. The van der Waals surface area contributed by atoms with E-state index in [2.05, 4.69) is 31.0 Å². The van der Waals surface area contributed by atoms with Crippen molar-refractivity contribution in [2.75, 3.05) is 6.54 Å². The van der Waals surface area contributed by atoms with Gasteiger partial charge in [0.25, 0.3) is 0 Å². The summed E-state index contributed by atoms with van der Waals surface area (Å²) in [6, 6.07) is 0.489. The third-order valence-corrected chi connectivity index (χ3v) is 4.41. The molecule has 1 amide bonds. The van der Waals surface area contributed by atoms with Crippen molar-refractivity contribution in [1.29, 1.82) is 0 Å². The molecule has 1 saturated heterocycles. The Morgan fingerprint density at radius 3 is 2.82 bits per heavy atom. The van der Waals surface area contributed by atoms with Crippen LogP contribution in [0.1, 0.15) is 52.9 Å². The molecule has 2 aliphatic rings. The van der Waals surface area contributed by atoms with Gasteiger partial charge in [-0.3, -0.25) is 10.1 Å². The molecule has 3 nitrogen and oxygen atoms in total. The Morgan fingerprint density at radius 1 is 1.41 bits per heavy atom. The average Bonchev–Trinajstić information content (AvgIpc) is 2.71. The first-order chi connectivity index (χ1) is 8.13. The fourth-order valence-corrected chi connectivity index (χ4v) is 3.41. The summed E-state index contributed by atoms with van der Waals surface area (Å²) in [4.78, 5) is 14.2. The van der Waals surface area contributed by atoms with Gasteiger partial charge in [0.1, 0.15) is 0 Å². The van der Waals surface area contributed by atoms with Gasteiger partial charge in [0, 0.05) is 6.04 Å². The fraction of sp³-hybridized carbons (Fsp3) is 0.929. The molecule has 3 unspecified atom stereocenters. The standard InChI is InChI=1S/C14H26N2O/c1-4-11-6-5-7-12(8-11)16-13(17)9-15-14(16)10(2)3/h10-12,14-15H,4-9H2,1-3H3. The van der Waals surface area contributed by atoms with Gasteiger partial charge in [-0.1, -0.05) is 40.0 Å². The summed E-state index contributed by atoms with van der Waals surface area (Å²) in [6.45, 7) is 7.21. The highest BCUT2D eigenvalue weighted by atomic mass is 16.2. The number of carbonyl (C=O) groups is 1. The smallest absolute Gasteiger partial charge is 0.238 e. The lowest BCUT2D eigenvalue weighted by atomic mass is 9.83. The van der Waals surface area contributed by atoms with E-state index in [0.29, 0.717) is 24.4 Å². The quantitative estimate of drug-likeness (QED) is 0.818. The zero-order chi connectivity index (χ0) is 12.4. The Bertz CT molecular complexity index is 277. The monoisotopic (exact) mass is 238 g/mol. The number of carbonyl (C=O) groups excluding carboxylic acids is 1. The van der Waals surface area contributed by atoms with Crippen LogP contribution in [0.2, 0.25) is 0 Å². The molecule has 0 aromatic rings. The maximum absolute atomic E-state index is 12.0. The minimum atomic E-state index is 0.267. The molecule has 1 N–H and O–H groups in total. The van der Waals surface area contributed by atoms with Gasteiger partial charge in [-0.2, -0.15) is 0 Å². The van der Waals surface area contributed by atoms with E-state index in [1.54, 1.807) is 0 Å². The highest BCUT2D eigenvalue weighted by molar-refractivity contribution is 5.81. The van der Waals surface area contributed by atoms with Crippen molar-refractivity contribution in [3.8, 4) is 0 Å². The lowest BCUT2D eigenvalue weighted by molar-refractivity contribution is -0.132. The molecule has 3 heteroatoms. The van der Waals surface area contributed by atoms with E-state index in [9.17, 15) is 4.79 Å². The molecule has 1 heterocycles. The van der Waals surface area contributed by atoms with Crippen molar-refractivity contribution < 1.29 is 4.79 Å². The van der Waals surface area contributed by atoms with E-state index >= 15 is 0 Å². The summed E-state index contributed by atoms with van der Waals surface area (Å²) in [5.74, 6) is 1.64. The molecule has 98 valence electrons. The predicted octanol–water partition coefficient (Wildman–Crippen LogP) is 2.37. The largest absolute Gasteiger partial charge is 0.323 e. The Morgan fingerprint density at radius 2 is 2.18 bits per heavy atom. The van der Waals surface area contributed by atoms with E-state index < -0.39 is 0 Å². The second kappa shape index (κ2) is 5.38. The summed E-state index contributed by atoms with van der Waals surface area (Å²) < 4.78 is 0. The third-order valence-electron chi connectivity index (χ3n) is 4.41. The maximum Gasteiger partial charge on any atom is 0.238 e. The van der Waals surface area contributed by atoms with Crippen LogP contribution in [0.15, 0.2) is 0 Å². The molecule has 0 bridgehead atoms. The first-order valence-corrected chi connectivity index (χ1v) is 7.18. The minimum Gasteiger partial charge on any atom is -0.323 e. The highest BCUT2D eigenvalue weighted by Gasteiger charge is 2.38.